The molecule has 30 heavy (non-hydrogen) atoms. The molecule has 1 aliphatic rings. The summed E-state index contributed by atoms with van der Waals surface area (Å²) in [6.45, 7) is 3.84. The maximum Gasteiger partial charge on any atom is 0.181 e. The summed E-state index contributed by atoms with van der Waals surface area (Å²) in [5.41, 5.74) is 3.13. The third kappa shape index (κ3) is 3.11. The Hall–Kier alpha value is -3.03. The monoisotopic (exact) mass is 421 g/mol. The molecule has 3 heterocycles. The maximum atomic E-state index is 10.1. The van der Waals surface area contributed by atoms with Gasteiger partial charge < -0.3 is 9.63 Å². The highest BCUT2D eigenvalue weighted by Gasteiger charge is 2.41. The Balaban J connectivity index is 1.66. The van der Waals surface area contributed by atoms with Gasteiger partial charge in [-0.05, 0) is 38.8 Å². The smallest absolute Gasteiger partial charge is 0.181 e. The van der Waals surface area contributed by atoms with Crippen LogP contribution in [0.4, 0.5) is 0 Å². The van der Waals surface area contributed by atoms with Gasteiger partial charge in [-0.1, -0.05) is 35.0 Å². The Morgan fingerprint density at radius 2 is 1.87 bits per heavy atom. The normalized spacial score (nSPS) is 20.9. The molecule has 1 aromatic carbocycles. The van der Waals surface area contributed by atoms with Crippen molar-refractivity contribution in [2.75, 3.05) is 0 Å². The molecule has 0 saturated heterocycles. The quantitative estimate of drug-likeness (QED) is 0.513. The molecule has 4 aromatic rings. The van der Waals surface area contributed by atoms with E-state index in [0.717, 1.165) is 16.8 Å². The molecule has 0 spiro atoms. The van der Waals surface area contributed by atoms with Crippen molar-refractivity contribution in [3.63, 3.8) is 0 Å². The van der Waals surface area contributed by atoms with Gasteiger partial charge in [0, 0.05) is 23.7 Å². The lowest BCUT2D eigenvalue weighted by atomic mass is 9.77. The van der Waals surface area contributed by atoms with Gasteiger partial charge in [0.2, 0.25) is 0 Å². The van der Waals surface area contributed by atoms with Crippen molar-refractivity contribution in [2.45, 2.75) is 38.3 Å². The van der Waals surface area contributed by atoms with Gasteiger partial charge in [-0.3, -0.25) is 4.68 Å². The molecule has 0 unspecified atom stereocenters. The highest BCUT2D eigenvalue weighted by Crippen LogP contribution is 2.44. The molecule has 8 heteroatoms. The van der Waals surface area contributed by atoms with Crippen LogP contribution < -0.4 is 0 Å². The number of nitrogens with zero attached hydrogens (tertiary/aromatic N) is 5. The van der Waals surface area contributed by atoms with Crippen LogP contribution in [0.5, 0.6) is 0 Å². The van der Waals surface area contributed by atoms with Crippen molar-refractivity contribution in [3.8, 4) is 34.0 Å². The number of halogens is 1. The van der Waals surface area contributed by atoms with E-state index in [2.05, 4.69) is 20.2 Å². The zero-order chi connectivity index (χ0) is 20.9. The van der Waals surface area contributed by atoms with Crippen LogP contribution >= 0.6 is 11.6 Å². The summed E-state index contributed by atoms with van der Waals surface area (Å²) in [7, 11) is 0. The number of aliphatic hydroxyl groups is 1. The molecule has 0 aliphatic heterocycles. The number of hydrogen-bond donors (Lipinski definition) is 1. The van der Waals surface area contributed by atoms with Crippen LogP contribution in [0.2, 0.25) is 5.02 Å². The van der Waals surface area contributed by atoms with Crippen molar-refractivity contribution < 1.29 is 9.63 Å². The summed E-state index contributed by atoms with van der Waals surface area (Å²) in [6, 6.07) is 9.40. The standard InChI is InChI=1S/C22H20ClN5O2/c1-13-16(12-26-28(13)14-10-22(2,29)11-14)20-18(21-24-8-5-9-25-21)19(27-30-20)15-6-3-4-7-17(15)23/h3-9,12,14,29H,10-11H2,1-2H3. The van der Waals surface area contributed by atoms with E-state index in [-0.39, 0.29) is 6.04 Å². The second-order valence-electron chi connectivity index (χ2n) is 7.93. The lowest BCUT2D eigenvalue weighted by Crippen LogP contribution is -2.42. The van der Waals surface area contributed by atoms with Crippen LogP contribution in [0.1, 0.15) is 31.5 Å². The molecule has 3 aromatic heterocycles. The topological polar surface area (TPSA) is 89.9 Å². The predicted molar refractivity (Wildman–Crippen MR) is 113 cm³/mol. The second kappa shape index (κ2) is 7.04. The highest BCUT2D eigenvalue weighted by molar-refractivity contribution is 6.33. The van der Waals surface area contributed by atoms with Crippen LogP contribution in [-0.2, 0) is 0 Å². The Bertz CT molecular complexity index is 1210. The molecule has 0 atom stereocenters. The molecule has 1 aliphatic carbocycles. The van der Waals surface area contributed by atoms with Crippen LogP contribution in [0, 0.1) is 6.92 Å². The van der Waals surface area contributed by atoms with E-state index in [1.807, 2.05) is 42.8 Å². The van der Waals surface area contributed by atoms with Crippen molar-refractivity contribution in [1.82, 2.24) is 24.9 Å². The molecule has 7 nitrogen and oxygen atoms in total. The summed E-state index contributed by atoms with van der Waals surface area (Å²) in [6.07, 6.45) is 6.48. The van der Waals surface area contributed by atoms with Crippen LogP contribution in [-0.4, -0.2) is 35.6 Å². The van der Waals surface area contributed by atoms with Crippen LogP contribution in [0.3, 0.4) is 0 Å². The number of hydrogen-bond acceptors (Lipinski definition) is 6. The molecular weight excluding hydrogens is 402 g/mol. The fourth-order valence-corrected chi connectivity index (χ4v) is 4.31. The maximum absolute atomic E-state index is 10.1. The lowest BCUT2D eigenvalue weighted by molar-refractivity contribution is -0.0548. The average molecular weight is 422 g/mol. The van der Waals surface area contributed by atoms with Gasteiger partial charge in [0.05, 0.1) is 34.0 Å². The first-order valence-corrected chi connectivity index (χ1v) is 10.1. The largest absolute Gasteiger partial charge is 0.390 e. The molecule has 1 fully saturated rings. The first-order valence-electron chi connectivity index (χ1n) is 9.73. The van der Waals surface area contributed by atoms with E-state index in [1.165, 1.54) is 0 Å². The average Bonchev–Trinajstić information content (AvgIpc) is 3.30. The molecule has 1 saturated carbocycles. The Morgan fingerprint density at radius 3 is 2.57 bits per heavy atom. The van der Waals surface area contributed by atoms with Crippen LogP contribution in [0.25, 0.3) is 34.0 Å². The number of aromatic nitrogens is 5. The van der Waals surface area contributed by atoms with Crippen LogP contribution in [0.15, 0.2) is 53.4 Å². The first-order chi connectivity index (χ1) is 14.4. The van der Waals surface area contributed by atoms with Gasteiger partial charge in [-0.25, -0.2) is 9.97 Å². The SMILES string of the molecule is Cc1c(-c2onc(-c3ccccc3Cl)c2-c2ncccn2)cnn1C1CC(C)(O)C1. The molecule has 5 rings (SSSR count). The van der Waals surface area contributed by atoms with Crippen molar-refractivity contribution in [3.05, 3.63) is 59.6 Å². The van der Waals surface area contributed by atoms with Gasteiger partial charge in [0.25, 0.3) is 0 Å². The predicted octanol–water partition coefficient (Wildman–Crippen LogP) is 4.71. The van der Waals surface area contributed by atoms with Crippen molar-refractivity contribution >= 4 is 11.6 Å². The fourth-order valence-electron chi connectivity index (χ4n) is 4.09. The summed E-state index contributed by atoms with van der Waals surface area (Å²) in [4.78, 5) is 8.85. The molecular formula is C22H20ClN5O2. The summed E-state index contributed by atoms with van der Waals surface area (Å²) < 4.78 is 7.77. The van der Waals surface area contributed by atoms with Crippen molar-refractivity contribution in [2.24, 2.45) is 0 Å². The zero-order valence-electron chi connectivity index (χ0n) is 16.6. The molecule has 0 amide bonds. The third-order valence-corrected chi connectivity index (χ3v) is 5.93. The molecule has 1 N–H and O–H groups in total. The van der Waals surface area contributed by atoms with E-state index >= 15 is 0 Å². The molecule has 0 radical (unpaired) electrons. The highest BCUT2D eigenvalue weighted by atomic mass is 35.5. The molecule has 0 bridgehead atoms. The minimum Gasteiger partial charge on any atom is -0.390 e. The number of benzene rings is 1. The second-order valence-corrected chi connectivity index (χ2v) is 8.34. The van der Waals surface area contributed by atoms with Gasteiger partial charge in [-0.15, -0.1) is 0 Å². The Kier molecular flexibility index (Phi) is 4.45. The van der Waals surface area contributed by atoms with Gasteiger partial charge in [-0.2, -0.15) is 5.10 Å². The minimum absolute atomic E-state index is 0.163. The molecule has 152 valence electrons. The minimum atomic E-state index is -0.629. The van der Waals surface area contributed by atoms with E-state index < -0.39 is 5.60 Å². The Morgan fingerprint density at radius 1 is 1.13 bits per heavy atom. The van der Waals surface area contributed by atoms with Gasteiger partial charge >= 0.3 is 0 Å². The van der Waals surface area contributed by atoms with E-state index in [1.54, 1.807) is 24.7 Å². The summed E-state index contributed by atoms with van der Waals surface area (Å²) in [5, 5.41) is 19.6. The third-order valence-electron chi connectivity index (χ3n) is 5.60. The lowest BCUT2D eigenvalue weighted by Gasteiger charge is -2.41. The summed E-state index contributed by atoms with van der Waals surface area (Å²) >= 11 is 6.44. The summed E-state index contributed by atoms with van der Waals surface area (Å²) in [5.74, 6) is 1.05. The Labute approximate surface area is 178 Å². The van der Waals surface area contributed by atoms with Gasteiger partial charge in [0.1, 0.15) is 5.69 Å². The van der Waals surface area contributed by atoms with E-state index in [9.17, 15) is 5.11 Å². The van der Waals surface area contributed by atoms with Crippen molar-refractivity contribution in [1.29, 1.82) is 0 Å². The van der Waals surface area contributed by atoms with E-state index in [0.29, 0.717) is 40.7 Å². The first kappa shape index (κ1) is 19.0. The number of rotatable bonds is 4. The zero-order valence-corrected chi connectivity index (χ0v) is 17.3. The fraction of sp³-hybridized carbons (Fsp3) is 0.273. The van der Waals surface area contributed by atoms with Gasteiger partial charge in [0.15, 0.2) is 11.6 Å². The van der Waals surface area contributed by atoms with E-state index in [4.69, 9.17) is 16.1 Å².